The zero-order valence-electron chi connectivity index (χ0n) is 12.7. The van der Waals surface area contributed by atoms with E-state index >= 15 is 0 Å². The first-order valence-corrected chi connectivity index (χ1v) is 6.39. The van der Waals surface area contributed by atoms with Crippen LogP contribution in [0.25, 0.3) is 0 Å². The van der Waals surface area contributed by atoms with E-state index in [1.165, 1.54) is 0 Å². The van der Waals surface area contributed by atoms with Crippen LogP contribution in [0.15, 0.2) is 29.3 Å². The second kappa shape index (κ2) is 5.03. The Morgan fingerprint density at radius 2 is 1.85 bits per heavy atom. The summed E-state index contributed by atoms with van der Waals surface area (Å²) in [5.41, 5.74) is 0.386. The van der Waals surface area contributed by atoms with Crippen LogP contribution < -0.4 is 23.6 Å². The van der Waals surface area contributed by atoms with Crippen molar-refractivity contribution in [2.75, 3.05) is 13.7 Å². The second-order valence-electron chi connectivity index (χ2n) is 5.71. The van der Waals surface area contributed by atoms with Crippen molar-refractivity contribution < 1.29 is 33.1 Å². The van der Waals surface area contributed by atoms with E-state index in [0.29, 0.717) is 12.5 Å². The quantitative estimate of drug-likeness (QED) is 0.424. The molecular weight excluding hydrogens is 249 g/mol. The van der Waals surface area contributed by atoms with Crippen molar-refractivity contribution in [3.05, 3.63) is 35.9 Å². The van der Waals surface area contributed by atoms with Gasteiger partial charge in [0.15, 0.2) is 0 Å². The second-order valence-corrected chi connectivity index (χ2v) is 5.71. The number of epoxide rings is 1. The molecule has 1 saturated heterocycles. The minimum absolute atomic E-state index is 0. The first-order chi connectivity index (χ1) is 8.94. The van der Waals surface area contributed by atoms with Gasteiger partial charge in [-0.2, -0.15) is 17.7 Å². The molecule has 20 heavy (non-hydrogen) atoms. The van der Waals surface area contributed by atoms with Gasteiger partial charge in [-0.05, 0) is 26.9 Å². The van der Waals surface area contributed by atoms with Crippen molar-refractivity contribution in [2.24, 2.45) is 4.99 Å². The van der Waals surface area contributed by atoms with Crippen molar-refractivity contribution in [1.82, 2.24) is 0 Å². The van der Waals surface area contributed by atoms with E-state index in [-0.39, 0.29) is 24.4 Å². The monoisotopic (exact) mass is 267 g/mol. The average Bonchev–Trinajstić information content (AvgIpc) is 2.94. The van der Waals surface area contributed by atoms with Crippen LogP contribution >= 0.6 is 0 Å². The molecule has 0 amide bonds. The Balaban J connectivity index is 0.00000147. The summed E-state index contributed by atoms with van der Waals surface area (Å²) in [6, 6.07) is 7.82. The number of hydrogen-bond donors (Lipinski definition) is 0. The summed E-state index contributed by atoms with van der Waals surface area (Å²) in [7, 11) is 1.66. The molecule has 0 saturated carbocycles. The number of aliphatic imine (C=N–C) groups is 1. The molecule has 2 heterocycles. The molecule has 1 atom stereocenters. The van der Waals surface area contributed by atoms with Gasteiger partial charge in [0.1, 0.15) is 12.2 Å². The Bertz CT molecular complexity index is 526. The third-order valence-electron chi connectivity index (χ3n) is 3.42. The van der Waals surface area contributed by atoms with Gasteiger partial charge in [-0.25, -0.2) is 4.99 Å². The van der Waals surface area contributed by atoms with Crippen molar-refractivity contribution in [2.45, 2.75) is 31.9 Å². The number of nitrogens with zero attached hydrogens (tertiary/aromatic N) is 1. The molecule has 0 spiro atoms. The topological polar surface area (TPSA) is 43.3 Å². The van der Waals surface area contributed by atoms with Crippen molar-refractivity contribution in [3.8, 4) is 5.75 Å². The first kappa shape index (κ1) is 15.3. The minimum atomic E-state index is -0.498. The van der Waals surface area contributed by atoms with Crippen LogP contribution in [0.5, 0.6) is 5.75 Å². The van der Waals surface area contributed by atoms with Gasteiger partial charge in [0.05, 0.1) is 18.4 Å². The van der Waals surface area contributed by atoms with E-state index in [2.05, 4.69) is 18.8 Å². The molecule has 1 aromatic carbocycles. The zero-order valence-corrected chi connectivity index (χ0v) is 12.7. The zero-order chi connectivity index (χ0) is 13.7. The van der Waals surface area contributed by atoms with E-state index in [0.717, 1.165) is 17.4 Å². The van der Waals surface area contributed by atoms with Crippen LogP contribution in [0.2, 0.25) is 0 Å². The molecule has 0 radical (unpaired) electrons. The maximum absolute atomic E-state index is 5.76. The van der Waals surface area contributed by atoms with E-state index in [4.69, 9.17) is 14.2 Å². The van der Waals surface area contributed by atoms with Crippen LogP contribution in [-0.2, 0) is 9.47 Å². The van der Waals surface area contributed by atoms with Crippen LogP contribution in [0.1, 0.15) is 26.3 Å². The molecule has 3 rings (SSSR count). The summed E-state index contributed by atoms with van der Waals surface area (Å²) < 4.78 is 16.6. The fourth-order valence-electron chi connectivity index (χ4n) is 2.22. The molecule has 0 aromatic heterocycles. The van der Waals surface area contributed by atoms with Gasteiger partial charge in [0, 0.05) is 0 Å². The van der Waals surface area contributed by atoms with Crippen LogP contribution in [0.4, 0.5) is 0 Å². The molecular formula is C15H18LiNO3. The maximum Gasteiger partial charge on any atom is 1.00 e. The SMILES string of the molecule is COc1ccc([C-]2O[C@]2(C)C2=NC(C)(C)CO2)cc1.[Li+]. The smallest absolute Gasteiger partial charge is 0.499 e. The number of rotatable bonds is 3. The molecule has 2 aliphatic rings. The fourth-order valence-corrected chi connectivity index (χ4v) is 2.22. The molecule has 102 valence electrons. The summed E-state index contributed by atoms with van der Waals surface area (Å²) in [5.74, 6) is 1.52. The Labute approximate surface area is 131 Å². The average molecular weight is 267 g/mol. The predicted molar refractivity (Wildman–Crippen MR) is 72.3 cm³/mol. The Morgan fingerprint density at radius 1 is 1.20 bits per heavy atom. The minimum Gasteiger partial charge on any atom is -0.499 e. The van der Waals surface area contributed by atoms with E-state index in [1.54, 1.807) is 7.11 Å². The number of methoxy groups -OCH3 is 1. The summed E-state index contributed by atoms with van der Waals surface area (Å²) in [5, 5.41) is 0. The number of ether oxygens (including phenoxy) is 3. The maximum atomic E-state index is 5.76. The van der Waals surface area contributed by atoms with E-state index in [1.807, 2.05) is 31.2 Å². The normalized spacial score (nSPS) is 26.4. The van der Waals surface area contributed by atoms with Crippen molar-refractivity contribution in [3.63, 3.8) is 0 Å². The van der Waals surface area contributed by atoms with E-state index < -0.39 is 5.60 Å². The standard InChI is InChI=1S/C15H18NO3.Li/c1-14(2)9-18-13(16-14)15(3)12(19-15)10-5-7-11(17-4)8-6-10;/h5-8H,9H2,1-4H3;/q-1;+1/t15-;/m0./s1. The van der Waals surface area contributed by atoms with Gasteiger partial charge in [0.2, 0.25) is 5.90 Å². The van der Waals surface area contributed by atoms with Gasteiger partial charge in [-0.15, -0.1) is 0 Å². The number of hydrogen-bond acceptors (Lipinski definition) is 4. The van der Waals surface area contributed by atoms with E-state index in [9.17, 15) is 0 Å². The summed E-state index contributed by atoms with van der Waals surface area (Å²) in [4.78, 5) is 4.59. The molecule has 1 aromatic rings. The van der Waals surface area contributed by atoms with Gasteiger partial charge < -0.3 is 14.2 Å². The Morgan fingerprint density at radius 3 is 2.35 bits per heavy atom. The third kappa shape index (κ3) is 2.56. The van der Waals surface area contributed by atoms with Gasteiger partial charge >= 0.3 is 18.9 Å². The molecule has 5 heteroatoms. The molecule has 0 bridgehead atoms. The van der Waals surface area contributed by atoms with Gasteiger partial charge in [-0.1, -0.05) is 12.1 Å². The molecule has 0 N–H and O–H groups in total. The molecule has 0 unspecified atom stereocenters. The van der Waals surface area contributed by atoms with Crippen molar-refractivity contribution in [1.29, 1.82) is 0 Å². The third-order valence-corrected chi connectivity index (χ3v) is 3.42. The molecule has 1 fully saturated rings. The largest absolute Gasteiger partial charge is 1.00 e. The fraction of sp³-hybridized carbons (Fsp3) is 0.467. The molecule has 0 aliphatic carbocycles. The van der Waals surface area contributed by atoms with Gasteiger partial charge in [0.25, 0.3) is 0 Å². The van der Waals surface area contributed by atoms with Crippen molar-refractivity contribution >= 4 is 5.90 Å². The summed E-state index contributed by atoms with van der Waals surface area (Å²) in [6.45, 7) is 6.71. The van der Waals surface area contributed by atoms with Crippen LogP contribution in [0, 0.1) is 6.10 Å². The Hall–Kier alpha value is -1.08. The van der Waals surface area contributed by atoms with Gasteiger partial charge in [-0.3, -0.25) is 0 Å². The predicted octanol–water partition coefficient (Wildman–Crippen LogP) is -0.425. The van der Waals surface area contributed by atoms with Crippen LogP contribution in [-0.4, -0.2) is 30.8 Å². The Kier molecular flexibility index (Phi) is 3.85. The molecule has 4 nitrogen and oxygen atoms in total. The first-order valence-electron chi connectivity index (χ1n) is 6.39. The number of benzene rings is 1. The summed E-state index contributed by atoms with van der Waals surface area (Å²) in [6.07, 6.45) is 0.909. The summed E-state index contributed by atoms with van der Waals surface area (Å²) >= 11 is 0. The molecule has 2 aliphatic heterocycles. The van der Waals surface area contributed by atoms with Crippen LogP contribution in [0.3, 0.4) is 0 Å².